The van der Waals surface area contributed by atoms with Crippen LogP contribution in [0, 0.1) is 0 Å². The molecule has 6 heteroatoms. The van der Waals surface area contributed by atoms with E-state index >= 15 is 0 Å². The summed E-state index contributed by atoms with van der Waals surface area (Å²) in [5.74, 6) is -0.859. The second-order valence-electron chi connectivity index (χ2n) is 20.6. The lowest BCUT2D eigenvalue weighted by Gasteiger charge is -2.18. The van der Waals surface area contributed by atoms with Crippen molar-refractivity contribution in [3.05, 3.63) is 36.5 Å². The zero-order valence-electron chi connectivity index (χ0n) is 46.3. The molecule has 0 spiro atoms. The highest BCUT2D eigenvalue weighted by Gasteiger charge is 2.19. The molecule has 0 radical (unpaired) electrons. The van der Waals surface area contributed by atoms with Gasteiger partial charge in [-0.3, -0.25) is 14.4 Å². The van der Waals surface area contributed by atoms with Gasteiger partial charge in [0.1, 0.15) is 13.2 Å². The minimum absolute atomic E-state index is 0.0710. The van der Waals surface area contributed by atoms with Crippen molar-refractivity contribution >= 4 is 17.9 Å². The Bertz CT molecular complexity index is 1160. The van der Waals surface area contributed by atoms with Gasteiger partial charge in [0, 0.05) is 19.3 Å². The predicted molar refractivity (Wildman–Crippen MR) is 298 cm³/mol. The molecule has 0 heterocycles. The molecule has 0 rings (SSSR count). The van der Waals surface area contributed by atoms with E-state index in [1.807, 2.05) is 0 Å². The average Bonchev–Trinajstić information content (AvgIpc) is 3.35. The number of hydrogen-bond donors (Lipinski definition) is 0. The van der Waals surface area contributed by atoms with Gasteiger partial charge >= 0.3 is 17.9 Å². The molecule has 0 N–H and O–H groups in total. The van der Waals surface area contributed by atoms with Gasteiger partial charge in [-0.15, -0.1) is 0 Å². The third-order valence-corrected chi connectivity index (χ3v) is 13.6. The Kier molecular flexibility index (Phi) is 56.2. The van der Waals surface area contributed by atoms with Gasteiger partial charge in [-0.2, -0.15) is 0 Å². The van der Waals surface area contributed by atoms with Crippen LogP contribution < -0.4 is 0 Å². The summed E-state index contributed by atoms with van der Waals surface area (Å²) in [5, 5.41) is 0. The molecule has 0 unspecified atom stereocenters. The fourth-order valence-electron chi connectivity index (χ4n) is 9.00. The lowest BCUT2D eigenvalue weighted by atomic mass is 10.0. The van der Waals surface area contributed by atoms with E-state index in [4.69, 9.17) is 14.2 Å². The van der Waals surface area contributed by atoms with Gasteiger partial charge in [0.05, 0.1) is 0 Å². The number of hydrogen-bond acceptors (Lipinski definition) is 6. The summed E-state index contributed by atoms with van der Waals surface area (Å²) in [6, 6.07) is 0. The van der Waals surface area contributed by atoms with Crippen molar-refractivity contribution in [1.29, 1.82) is 0 Å². The summed E-state index contributed by atoms with van der Waals surface area (Å²) in [7, 11) is 0. The highest BCUT2D eigenvalue weighted by Crippen LogP contribution is 2.17. The summed E-state index contributed by atoms with van der Waals surface area (Å²) in [4.78, 5) is 38.2. The molecular weight excluding hydrogens is 853 g/mol. The molecule has 404 valence electrons. The Morgan fingerprint density at radius 2 is 0.522 bits per heavy atom. The van der Waals surface area contributed by atoms with Crippen LogP contribution in [0.3, 0.4) is 0 Å². The minimum atomic E-state index is -0.773. The van der Waals surface area contributed by atoms with Crippen molar-refractivity contribution in [2.24, 2.45) is 0 Å². The van der Waals surface area contributed by atoms with Crippen molar-refractivity contribution in [1.82, 2.24) is 0 Å². The van der Waals surface area contributed by atoms with Gasteiger partial charge in [-0.1, -0.05) is 269 Å². The summed E-state index contributed by atoms with van der Waals surface area (Å²) >= 11 is 0. The first kappa shape index (κ1) is 66.6. The standard InChI is InChI=1S/C63H116O6/c1-4-7-10-13-16-19-22-25-28-30-31-33-36-38-41-44-47-50-53-56-62(65)68-59-60(69-63(66)57-54-51-48-45-42-39-34-27-24-21-18-15-12-9-6-3)58-67-61(64)55-52-49-46-43-40-37-35-32-29-26-23-20-17-14-11-8-5-2/h16,19,21,24-25,28,60H,4-15,17-18,20,22-23,26-27,29-59H2,1-3H3/b19-16-,24-21-,28-25-/t60-/m0/s1. The van der Waals surface area contributed by atoms with Crippen molar-refractivity contribution in [3.8, 4) is 0 Å². The Balaban J connectivity index is 4.33. The third kappa shape index (κ3) is 56.4. The topological polar surface area (TPSA) is 78.9 Å². The van der Waals surface area contributed by atoms with Crippen molar-refractivity contribution in [3.63, 3.8) is 0 Å². The summed E-state index contributed by atoms with van der Waals surface area (Å²) in [5.41, 5.74) is 0. The van der Waals surface area contributed by atoms with Crippen LogP contribution in [0.2, 0.25) is 0 Å². The molecule has 0 aliphatic heterocycles. The zero-order chi connectivity index (χ0) is 50.0. The predicted octanol–water partition coefficient (Wildman–Crippen LogP) is 20.4. The molecule has 0 aliphatic carbocycles. The second-order valence-corrected chi connectivity index (χ2v) is 20.6. The van der Waals surface area contributed by atoms with Crippen LogP contribution in [0.1, 0.15) is 329 Å². The number of esters is 3. The van der Waals surface area contributed by atoms with Crippen molar-refractivity contribution in [2.45, 2.75) is 335 Å². The smallest absolute Gasteiger partial charge is 0.306 e. The van der Waals surface area contributed by atoms with E-state index < -0.39 is 6.10 Å². The maximum Gasteiger partial charge on any atom is 0.306 e. The Morgan fingerprint density at radius 3 is 0.855 bits per heavy atom. The molecule has 0 amide bonds. The number of carbonyl (C=O) groups is 3. The van der Waals surface area contributed by atoms with Crippen LogP contribution in [0.5, 0.6) is 0 Å². The molecule has 0 bridgehead atoms. The monoisotopic (exact) mass is 969 g/mol. The van der Waals surface area contributed by atoms with Gasteiger partial charge in [0.25, 0.3) is 0 Å². The van der Waals surface area contributed by atoms with E-state index in [1.165, 1.54) is 225 Å². The normalized spacial score (nSPS) is 12.2. The highest BCUT2D eigenvalue weighted by atomic mass is 16.6. The fraction of sp³-hybridized carbons (Fsp3) is 0.857. The number of allylic oxidation sites excluding steroid dienone is 6. The largest absolute Gasteiger partial charge is 0.462 e. The molecule has 0 aromatic heterocycles. The highest BCUT2D eigenvalue weighted by molar-refractivity contribution is 5.71. The second kappa shape index (κ2) is 58.2. The first-order valence-electron chi connectivity index (χ1n) is 30.5. The zero-order valence-corrected chi connectivity index (χ0v) is 46.3. The molecule has 1 atom stereocenters. The van der Waals surface area contributed by atoms with E-state index in [2.05, 4.69) is 57.2 Å². The fourth-order valence-corrected chi connectivity index (χ4v) is 9.00. The van der Waals surface area contributed by atoms with Crippen LogP contribution >= 0.6 is 0 Å². The molecular formula is C63H116O6. The van der Waals surface area contributed by atoms with E-state index in [0.717, 1.165) is 64.2 Å². The first-order valence-corrected chi connectivity index (χ1v) is 30.5. The Hall–Kier alpha value is -2.37. The molecule has 6 nitrogen and oxygen atoms in total. The number of unbranched alkanes of at least 4 members (excludes halogenated alkanes) is 39. The van der Waals surface area contributed by atoms with Crippen LogP contribution in [0.4, 0.5) is 0 Å². The Labute approximate surface area is 429 Å². The van der Waals surface area contributed by atoms with Gasteiger partial charge in [0.2, 0.25) is 0 Å². The molecule has 0 aliphatic rings. The molecule has 0 aromatic carbocycles. The van der Waals surface area contributed by atoms with Gasteiger partial charge < -0.3 is 14.2 Å². The minimum Gasteiger partial charge on any atom is -0.462 e. The molecule has 0 aromatic rings. The molecule has 0 fully saturated rings. The van der Waals surface area contributed by atoms with Crippen LogP contribution in [0.15, 0.2) is 36.5 Å². The first-order chi connectivity index (χ1) is 34.0. The maximum atomic E-state index is 12.9. The quantitative estimate of drug-likeness (QED) is 0.0261. The maximum absolute atomic E-state index is 12.9. The molecule has 0 saturated heterocycles. The number of ether oxygens (including phenoxy) is 3. The third-order valence-electron chi connectivity index (χ3n) is 13.6. The van der Waals surface area contributed by atoms with Crippen molar-refractivity contribution in [2.75, 3.05) is 13.2 Å². The average molecular weight is 970 g/mol. The lowest BCUT2D eigenvalue weighted by Crippen LogP contribution is -2.30. The van der Waals surface area contributed by atoms with E-state index in [-0.39, 0.29) is 31.1 Å². The summed E-state index contributed by atoms with van der Waals surface area (Å²) in [6.45, 7) is 6.65. The number of rotatable bonds is 56. The lowest BCUT2D eigenvalue weighted by molar-refractivity contribution is -0.167. The SMILES string of the molecule is CCCCC/C=C\C/C=C\CCCCCCCCCCCC(=O)OC[C@H](COC(=O)CCCCCCCCCCCCCCCCCCC)OC(=O)CCCCCCCCC/C=C\CCCCCC. The van der Waals surface area contributed by atoms with Gasteiger partial charge in [0.15, 0.2) is 6.10 Å². The van der Waals surface area contributed by atoms with Crippen molar-refractivity contribution < 1.29 is 28.6 Å². The Morgan fingerprint density at radius 1 is 0.290 bits per heavy atom. The van der Waals surface area contributed by atoms with Crippen LogP contribution in [-0.4, -0.2) is 37.2 Å². The number of carbonyl (C=O) groups excluding carboxylic acids is 3. The van der Waals surface area contributed by atoms with E-state index in [1.54, 1.807) is 0 Å². The van der Waals surface area contributed by atoms with Gasteiger partial charge in [-0.05, 0) is 77.0 Å². The molecule has 0 saturated carbocycles. The van der Waals surface area contributed by atoms with E-state index in [0.29, 0.717) is 19.3 Å². The van der Waals surface area contributed by atoms with E-state index in [9.17, 15) is 14.4 Å². The summed E-state index contributed by atoms with van der Waals surface area (Å²) in [6.07, 6.45) is 69.9. The van der Waals surface area contributed by atoms with Gasteiger partial charge in [-0.25, -0.2) is 0 Å². The summed E-state index contributed by atoms with van der Waals surface area (Å²) < 4.78 is 16.9. The van der Waals surface area contributed by atoms with Crippen LogP contribution in [-0.2, 0) is 28.6 Å². The van der Waals surface area contributed by atoms with Crippen LogP contribution in [0.25, 0.3) is 0 Å². The molecule has 69 heavy (non-hydrogen) atoms.